The summed E-state index contributed by atoms with van der Waals surface area (Å²) in [5, 5.41) is 0. The Balaban J connectivity index is 1.55. The molecule has 0 unspecified atom stereocenters. The first kappa shape index (κ1) is 20.9. The number of benzene rings is 2. The van der Waals surface area contributed by atoms with E-state index in [2.05, 4.69) is 13.8 Å². The topological polar surface area (TPSA) is 57.7 Å². The maximum atomic E-state index is 12.9. The highest BCUT2D eigenvalue weighted by molar-refractivity contribution is 8.00. The fourth-order valence-corrected chi connectivity index (χ4v) is 5.35. The standard InChI is InChI=1S/C21H26N2O3S2/c1-17(2)18-8-10-20(11-9-18)28(25,26)23-14-12-22(13-15-23)21(24)16-27-19-6-4-3-5-7-19/h3-11,17H,12-16H2,1-2H3. The SMILES string of the molecule is CC(C)c1ccc(S(=O)(=O)N2CCN(C(=O)CSc3ccccc3)CC2)cc1. The van der Waals surface area contributed by atoms with E-state index in [4.69, 9.17) is 0 Å². The number of rotatable bonds is 6. The van der Waals surface area contributed by atoms with Gasteiger partial charge in [-0.3, -0.25) is 4.79 Å². The molecule has 2 aromatic carbocycles. The van der Waals surface area contributed by atoms with Gasteiger partial charge in [-0.2, -0.15) is 4.31 Å². The van der Waals surface area contributed by atoms with E-state index in [-0.39, 0.29) is 5.91 Å². The summed E-state index contributed by atoms with van der Waals surface area (Å²) in [4.78, 5) is 15.6. The molecular weight excluding hydrogens is 392 g/mol. The molecule has 0 saturated carbocycles. The van der Waals surface area contributed by atoms with Crippen LogP contribution in [0.15, 0.2) is 64.4 Å². The minimum Gasteiger partial charge on any atom is -0.339 e. The second-order valence-electron chi connectivity index (χ2n) is 7.11. The van der Waals surface area contributed by atoms with E-state index in [9.17, 15) is 13.2 Å². The zero-order valence-corrected chi connectivity index (χ0v) is 17.9. The van der Waals surface area contributed by atoms with E-state index in [1.165, 1.54) is 16.1 Å². The van der Waals surface area contributed by atoms with Crippen molar-refractivity contribution in [1.82, 2.24) is 9.21 Å². The van der Waals surface area contributed by atoms with Crippen molar-refractivity contribution in [2.24, 2.45) is 0 Å². The Bertz CT molecular complexity index is 889. The highest BCUT2D eigenvalue weighted by Gasteiger charge is 2.30. The van der Waals surface area contributed by atoms with Gasteiger partial charge in [-0.1, -0.05) is 44.2 Å². The lowest BCUT2D eigenvalue weighted by Crippen LogP contribution is -2.50. The number of hydrogen-bond acceptors (Lipinski definition) is 4. The smallest absolute Gasteiger partial charge is 0.243 e. The fourth-order valence-electron chi connectivity index (χ4n) is 3.10. The molecule has 0 atom stereocenters. The molecule has 3 rings (SSSR count). The number of carbonyl (C=O) groups excluding carboxylic acids is 1. The van der Waals surface area contributed by atoms with Crippen molar-refractivity contribution in [1.29, 1.82) is 0 Å². The number of thioether (sulfide) groups is 1. The normalized spacial score (nSPS) is 15.8. The molecule has 0 bridgehead atoms. The summed E-state index contributed by atoms with van der Waals surface area (Å²) >= 11 is 1.51. The molecule has 1 amide bonds. The second-order valence-corrected chi connectivity index (χ2v) is 10.1. The van der Waals surface area contributed by atoms with E-state index in [0.29, 0.717) is 42.7 Å². The molecule has 1 fully saturated rings. The molecule has 0 N–H and O–H groups in total. The van der Waals surface area contributed by atoms with Gasteiger partial charge in [-0.05, 0) is 35.7 Å². The number of amides is 1. The highest BCUT2D eigenvalue weighted by Crippen LogP contribution is 2.22. The van der Waals surface area contributed by atoms with Crippen LogP contribution in [0.3, 0.4) is 0 Å². The monoisotopic (exact) mass is 418 g/mol. The van der Waals surface area contributed by atoms with Crippen LogP contribution in [0.4, 0.5) is 0 Å². The fraction of sp³-hybridized carbons (Fsp3) is 0.381. The molecular formula is C21H26N2O3S2. The summed E-state index contributed by atoms with van der Waals surface area (Å²) in [5.41, 5.74) is 1.12. The molecule has 0 spiro atoms. The maximum absolute atomic E-state index is 12.9. The third-order valence-corrected chi connectivity index (χ3v) is 7.79. The minimum absolute atomic E-state index is 0.0483. The van der Waals surface area contributed by atoms with Crippen LogP contribution < -0.4 is 0 Å². The molecule has 5 nitrogen and oxygen atoms in total. The van der Waals surface area contributed by atoms with Gasteiger partial charge in [0, 0.05) is 31.1 Å². The van der Waals surface area contributed by atoms with Crippen molar-refractivity contribution in [3.8, 4) is 0 Å². The third kappa shape index (κ3) is 4.96. The van der Waals surface area contributed by atoms with E-state index in [1.54, 1.807) is 17.0 Å². The molecule has 1 heterocycles. The van der Waals surface area contributed by atoms with Crippen LogP contribution >= 0.6 is 11.8 Å². The predicted octanol–water partition coefficient (Wildman–Crippen LogP) is 3.44. The number of nitrogens with zero attached hydrogens (tertiary/aromatic N) is 2. The first-order valence-corrected chi connectivity index (χ1v) is 11.9. The Hall–Kier alpha value is -1.83. The van der Waals surface area contributed by atoms with Gasteiger partial charge in [0.1, 0.15) is 0 Å². The van der Waals surface area contributed by atoms with Gasteiger partial charge in [0.05, 0.1) is 10.6 Å². The van der Waals surface area contributed by atoms with Crippen LogP contribution in [0.25, 0.3) is 0 Å². The van der Waals surface area contributed by atoms with E-state index in [1.807, 2.05) is 42.5 Å². The number of hydrogen-bond donors (Lipinski definition) is 0. The summed E-state index contributed by atoms with van der Waals surface area (Å²) < 4.78 is 27.2. The van der Waals surface area contributed by atoms with E-state index < -0.39 is 10.0 Å². The molecule has 0 aliphatic carbocycles. The average molecular weight is 419 g/mol. The van der Waals surface area contributed by atoms with Gasteiger partial charge in [-0.25, -0.2) is 8.42 Å². The average Bonchev–Trinajstić information content (AvgIpc) is 2.73. The van der Waals surface area contributed by atoms with Crippen LogP contribution in [-0.2, 0) is 14.8 Å². The summed E-state index contributed by atoms with van der Waals surface area (Å²) in [6, 6.07) is 16.9. The largest absolute Gasteiger partial charge is 0.339 e. The summed E-state index contributed by atoms with van der Waals surface area (Å²) in [5.74, 6) is 0.778. The molecule has 7 heteroatoms. The third-order valence-electron chi connectivity index (χ3n) is 4.88. The lowest BCUT2D eigenvalue weighted by molar-refractivity contribution is -0.129. The zero-order valence-electron chi connectivity index (χ0n) is 16.2. The Morgan fingerprint density at radius 3 is 2.14 bits per heavy atom. The molecule has 1 saturated heterocycles. The zero-order chi connectivity index (χ0) is 20.1. The van der Waals surface area contributed by atoms with Crippen molar-refractivity contribution in [3.63, 3.8) is 0 Å². The van der Waals surface area contributed by atoms with Crippen LogP contribution in [-0.4, -0.2) is 55.5 Å². The van der Waals surface area contributed by atoms with Crippen molar-refractivity contribution in [2.45, 2.75) is 29.6 Å². The summed E-state index contributed by atoms with van der Waals surface area (Å²) in [7, 11) is -3.52. The second kappa shape index (κ2) is 9.11. The van der Waals surface area contributed by atoms with Crippen LogP contribution in [0.5, 0.6) is 0 Å². The molecule has 0 aromatic heterocycles. The number of carbonyl (C=O) groups is 1. The molecule has 0 radical (unpaired) electrons. The first-order valence-electron chi connectivity index (χ1n) is 9.43. The Labute approximate surface area is 171 Å². The quantitative estimate of drug-likeness (QED) is 0.675. The van der Waals surface area contributed by atoms with Crippen LogP contribution in [0, 0.1) is 0 Å². The van der Waals surface area contributed by atoms with E-state index >= 15 is 0 Å². The van der Waals surface area contributed by atoms with Gasteiger partial charge in [0.2, 0.25) is 15.9 Å². The minimum atomic E-state index is -3.52. The van der Waals surface area contributed by atoms with Crippen LogP contribution in [0.1, 0.15) is 25.3 Å². The lowest BCUT2D eigenvalue weighted by atomic mass is 10.0. The number of piperazine rings is 1. The Morgan fingerprint density at radius 1 is 0.964 bits per heavy atom. The van der Waals surface area contributed by atoms with Crippen molar-refractivity contribution >= 4 is 27.7 Å². The summed E-state index contributed by atoms with van der Waals surface area (Å²) in [6.45, 7) is 5.67. The van der Waals surface area contributed by atoms with Gasteiger partial charge < -0.3 is 4.90 Å². The lowest BCUT2D eigenvalue weighted by Gasteiger charge is -2.34. The molecule has 1 aliphatic heterocycles. The summed E-state index contributed by atoms with van der Waals surface area (Å²) in [6.07, 6.45) is 0. The van der Waals surface area contributed by atoms with Crippen LogP contribution in [0.2, 0.25) is 0 Å². The van der Waals surface area contributed by atoms with Crippen molar-refractivity contribution < 1.29 is 13.2 Å². The molecule has 1 aliphatic rings. The van der Waals surface area contributed by atoms with Gasteiger partial charge in [0.15, 0.2) is 0 Å². The number of sulfonamides is 1. The van der Waals surface area contributed by atoms with Gasteiger partial charge >= 0.3 is 0 Å². The van der Waals surface area contributed by atoms with Gasteiger partial charge in [0.25, 0.3) is 0 Å². The maximum Gasteiger partial charge on any atom is 0.243 e. The molecule has 150 valence electrons. The van der Waals surface area contributed by atoms with Gasteiger partial charge in [-0.15, -0.1) is 11.8 Å². The van der Waals surface area contributed by atoms with E-state index in [0.717, 1.165) is 10.5 Å². The van der Waals surface area contributed by atoms with Crippen molar-refractivity contribution in [3.05, 3.63) is 60.2 Å². The Morgan fingerprint density at radius 2 is 1.57 bits per heavy atom. The highest BCUT2D eigenvalue weighted by atomic mass is 32.2. The molecule has 28 heavy (non-hydrogen) atoms. The Kier molecular flexibility index (Phi) is 6.80. The molecule has 2 aromatic rings. The van der Waals surface area contributed by atoms with Crippen molar-refractivity contribution in [2.75, 3.05) is 31.9 Å². The first-order chi connectivity index (χ1) is 13.4. The predicted molar refractivity (Wildman–Crippen MR) is 113 cm³/mol.